The standard InChI is InChI=1S/C21H21N5O3/c1-2-14-6-8-16(9-7-14)24-20(28)12-29-17-5-3-4-15(10-17)18-11-19(27)25-21-22-13-23-26(18)21/h3-10,13,18H,2,11-12H2,1H3,(H,24,28)(H,22,23,25,27). The number of benzene rings is 2. The monoisotopic (exact) mass is 391 g/mol. The zero-order valence-corrected chi connectivity index (χ0v) is 16.0. The number of nitrogens with one attached hydrogen (secondary N) is 2. The van der Waals surface area contributed by atoms with Gasteiger partial charge in [0, 0.05) is 5.69 Å². The average molecular weight is 391 g/mol. The number of carbonyl (C=O) groups excluding carboxylic acids is 2. The highest BCUT2D eigenvalue weighted by atomic mass is 16.5. The van der Waals surface area contributed by atoms with Crippen molar-refractivity contribution < 1.29 is 14.3 Å². The summed E-state index contributed by atoms with van der Waals surface area (Å²) in [5.74, 6) is 0.614. The van der Waals surface area contributed by atoms with E-state index in [0.717, 1.165) is 17.7 Å². The third-order valence-corrected chi connectivity index (χ3v) is 4.76. The van der Waals surface area contributed by atoms with Crippen LogP contribution in [0.4, 0.5) is 11.6 Å². The van der Waals surface area contributed by atoms with Gasteiger partial charge in [-0.3, -0.25) is 14.9 Å². The molecule has 1 aliphatic heterocycles. The molecular weight excluding hydrogens is 370 g/mol. The van der Waals surface area contributed by atoms with Gasteiger partial charge in [-0.15, -0.1) is 0 Å². The van der Waals surface area contributed by atoms with Crippen molar-refractivity contribution in [2.24, 2.45) is 0 Å². The van der Waals surface area contributed by atoms with Crippen LogP contribution in [0.3, 0.4) is 0 Å². The molecule has 0 spiro atoms. The van der Waals surface area contributed by atoms with Gasteiger partial charge in [-0.05, 0) is 41.8 Å². The van der Waals surface area contributed by atoms with Gasteiger partial charge in [0.25, 0.3) is 5.91 Å². The zero-order chi connectivity index (χ0) is 20.2. The molecule has 2 heterocycles. The van der Waals surface area contributed by atoms with Crippen molar-refractivity contribution >= 4 is 23.5 Å². The number of hydrogen-bond acceptors (Lipinski definition) is 5. The van der Waals surface area contributed by atoms with Crippen LogP contribution in [0.15, 0.2) is 54.9 Å². The maximum absolute atomic E-state index is 12.2. The van der Waals surface area contributed by atoms with Gasteiger partial charge in [0.2, 0.25) is 11.9 Å². The fourth-order valence-electron chi connectivity index (χ4n) is 3.25. The smallest absolute Gasteiger partial charge is 0.262 e. The van der Waals surface area contributed by atoms with Crippen molar-refractivity contribution in [2.45, 2.75) is 25.8 Å². The van der Waals surface area contributed by atoms with E-state index in [4.69, 9.17) is 4.74 Å². The molecule has 1 atom stereocenters. The second-order valence-corrected chi connectivity index (χ2v) is 6.76. The molecule has 2 amide bonds. The van der Waals surface area contributed by atoms with Crippen molar-refractivity contribution in [3.8, 4) is 5.75 Å². The van der Waals surface area contributed by atoms with Gasteiger partial charge < -0.3 is 10.1 Å². The maximum atomic E-state index is 12.2. The molecule has 2 aromatic carbocycles. The number of anilines is 2. The molecule has 0 bridgehead atoms. The fourth-order valence-corrected chi connectivity index (χ4v) is 3.25. The molecule has 8 nitrogen and oxygen atoms in total. The Morgan fingerprint density at radius 1 is 1.28 bits per heavy atom. The van der Waals surface area contributed by atoms with Gasteiger partial charge in [-0.25, -0.2) is 4.68 Å². The molecule has 1 aliphatic rings. The number of ether oxygens (including phenoxy) is 1. The van der Waals surface area contributed by atoms with Gasteiger partial charge in [-0.1, -0.05) is 31.2 Å². The van der Waals surface area contributed by atoms with Crippen molar-refractivity contribution in [2.75, 3.05) is 17.2 Å². The number of carbonyl (C=O) groups is 2. The van der Waals surface area contributed by atoms with Crippen LogP contribution < -0.4 is 15.4 Å². The molecule has 1 unspecified atom stereocenters. The number of fused-ring (bicyclic) bond motifs is 1. The minimum absolute atomic E-state index is 0.112. The minimum atomic E-state index is -0.268. The number of amides is 2. The Balaban J connectivity index is 1.40. The quantitative estimate of drug-likeness (QED) is 0.673. The maximum Gasteiger partial charge on any atom is 0.262 e. The van der Waals surface area contributed by atoms with Crippen LogP contribution in [0.2, 0.25) is 0 Å². The normalized spacial score (nSPS) is 15.3. The van der Waals surface area contributed by atoms with Crippen LogP contribution in [0.5, 0.6) is 5.75 Å². The first-order chi connectivity index (χ1) is 14.1. The Morgan fingerprint density at radius 2 is 2.10 bits per heavy atom. The van der Waals surface area contributed by atoms with E-state index >= 15 is 0 Å². The highest BCUT2D eigenvalue weighted by molar-refractivity contribution is 5.92. The number of hydrogen-bond donors (Lipinski definition) is 2. The summed E-state index contributed by atoms with van der Waals surface area (Å²) in [6.07, 6.45) is 2.62. The van der Waals surface area contributed by atoms with Crippen LogP contribution in [-0.2, 0) is 16.0 Å². The molecule has 0 saturated carbocycles. The van der Waals surface area contributed by atoms with Gasteiger partial charge in [0.15, 0.2) is 6.61 Å². The van der Waals surface area contributed by atoms with E-state index < -0.39 is 0 Å². The lowest BCUT2D eigenvalue weighted by Crippen LogP contribution is -2.29. The first-order valence-corrected chi connectivity index (χ1v) is 9.43. The Bertz CT molecular complexity index is 1030. The lowest BCUT2D eigenvalue weighted by atomic mass is 10.0. The third-order valence-electron chi connectivity index (χ3n) is 4.76. The molecular formula is C21H21N5O3. The van der Waals surface area contributed by atoms with E-state index in [2.05, 4.69) is 27.6 Å². The fraction of sp³-hybridized carbons (Fsp3) is 0.238. The van der Waals surface area contributed by atoms with E-state index in [9.17, 15) is 9.59 Å². The zero-order valence-electron chi connectivity index (χ0n) is 16.0. The van der Waals surface area contributed by atoms with Gasteiger partial charge in [0.05, 0.1) is 12.5 Å². The van der Waals surface area contributed by atoms with Gasteiger partial charge in [0.1, 0.15) is 12.1 Å². The van der Waals surface area contributed by atoms with Crippen molar-refractivity contribution in [3.63, 3.8) is 0 Å². The SMILES string of the molecule is CCc1ccc(NC(=O)COc2cccc(C3CC(=O)Nc4ncnn43)c2)cc1. The van der Waals surface area contributed by atoms with Crippen LogP contribution in [0.1, 0.15) is 30.5 Å². The summed E-state index contributed by atoms with van der Waals surface area (Å²) in [4.78, 5) is 28.2. The highest BCUT2D eigenvalue weighted by Gasteiger charge is 2.27. The van der Waals surface area contributed by atoms with Crippen molar-refractivity contribution in [1.29, 1.82) is 0 Å². The van der Waals surface area contributed by atoms with Crippen LogP contribution in [0, 0.1) is 0 Å². The Kier molecular flexibility index (Phi) is 5.24. The average Bonchev–Trinajstić information content (AvgIpc) is 3.21. The Labute approximate surface area is 167 Å². The molecule has 148 valence electrons. The van der Waals surface area contributed by atoms with Crippen LogP contribution in [0.25, 0.3) is 0 Å². The predicted molar refractivity (Wildman–Crippen MR) is 108 cm³/mol. The van der Waals surface area contributed by atoms with E-state index in [0.29, 0.717) is 11.7 Å². The summed E-state index contributed by atoms with van der Waals surface area (Å²) >= 11 is 0. The second kappa shape index (κ2) is 8.14. The summed E-state index contributed by atoms with van der Waals surface area (Å²) in [5, 5.41) is 9.71. The molecule has 1 aromatic heterocycles. The number of nitrogens with zero attached hydrogens (tertiary/aromatic N) is 3. The lowest BCUT2D eigenvalue weighted by Gasteiger charge is -2.24. The van der Waals surface area contributed by atoms with Crippen molar-refractivity contribution in [3.05, 3.63) is 66.0 Å². The molecule has 29 heavy (non-hydrogen) atoms. The topological polar surface area (TPSA) is 98.1 Å². The lowest BCUT2D eigenvalue weighted by molar-refractivity contribution is -0.118. The second-order valence-electron chi connectivity index (χ2n) is 6.76. The summed E-state index contributed by atoms with van der Waals surface area (Å²) < 4.78 is 7.33. The minimum Gasteiger partial charge on any atom is -0.484 e. The number of aryl methyl sites for hydroxylation is 1. The Hall–Kier alpha value is -3.68. The van der Waals surface area contributed by atoms with E-state index in [1.807, 2.05) is 42.5 Å². The summed E-state index contributed by atoms with van der Waals surface area (Å²) in [6, 6.07) is 14.8. The molecule has 3 aromatic rings. The highest BCUT2D eigenvalue weighted by Crippen LogP contribution is 2.30. The molecule has 0 aliphatic carbocycles. The first kappa shape index (κ1) is 18.7. The first-order valence-electron chi connectivity index (χ1n) is 9.43. The number of rotatable bonds is 6. The van der Waals surface area contributed by atoms with Gasteiger partial charge in [-0.2, -0.15) is 10.1 Å². The molecule has 8 heteroatoms. The number of aromatic nitrogens is 3. The summed E-state index contributed by atoms with van der Waals surface area (Å²) in [5.41, 5.74) is 2.80. The molecule has 4 rings (SSSR count). The molecule has 2 N–H and O–H groups in total. The van der Waals surface area contributed by atoms with E-state index in [-0.39, 0.29) is 30.9 Å². The largest absolute Gasteiger partial charge is 0.484 e. The molecule has 0 fully saturated rings. The van der Waals surface area contributed by atoms with E-state index in [1.165, 1.54) is 11.9 Å². The summed E-state index contributed by atoms with van der Waals surface area (Å²) in [6.45, 7) is 1.97. The van der Waals surface area contributed by atoms with Crippen LogP contribution in [-0.4, -0.2) is 33.2 Å². The van der Waals surface area contributed by atoms with Gasteiger partial charge >= 0.3 is 0 Å². The van der Waals surface area contributed by atoms with Crippen LogP contribution >= 0.6 is 0 Å². The van der Waals surface area contributed by atoms with E-state index in [1.54, 1.807) is 10.7 Å². The molecule has 0 saturated heterocycles. The summed E-state index contributed by atoms with van der Waals surface area (Å²) in [7, 11) is 0. The molecule has 0 radical (unpaired) electrons. The predicted octanol–water partition coefficient (Wildman–Crippen LogP) is 2.79. The third kappa shape index (κ3) is 4.26. The van der Waals surface area contributed by atoms with Crippen molar-refractivity contribution in [1.82, 2.24) is 14.8 Å². The Morgan fingerprint density at radius 3 is 2.90 bits per heavy atom.